The number of hydrogen-bond acceptors (Lipinski definition) is 2. The lowest BCUT2D eigenvalue weighted by atomic mass is 10.1. The fourth-order valence-electron chi connectivity index (χ4n) is 2.28. The molecule has 4 heteroatoms. The van der Waals surface area contributed by atoms with Crippen molar-refractivity contribution in [3.05, 3.63) is 63.9 Å². The minimum Gasteiger partial charge on any atom is -0.368 e. The van der Waals surface area contributed by atoms with Crippen LogP contribution in [-0.2, 0) is 13.1 Å². The fraction of sp³-hybridized carbons (Fsp3) is 0.250. The van der Waals surface area contributed by atoms with Crippen molar-refractivity contribution in [2.45, 2.75) is 13.1 Å². The highest BCUT2D eigenvalue weighted by Crippen LogP contribution is 2.26. The number of hydrogen-bond donors (Lipinski definition) is 1. The van der Waals surface area contributed by atoms with Crippen LogP contribution in [0.3, 0.4) is 0 Å². The summed E-state index contributed by atoms with van der Waals surface area (Å²) < 4.78 is 15.2. The van der Waals surface area contributed by atoms with Gasteiger partial charge in [0.05, 0.1) is 5.69 Å². The smallest absolute Gasteiger partial charge is 0.146 e. The number of nitrogens with one attached hydrogen (secondary N) is 1. The number of anilines is 1. The predicted octanol–water partition coefficient (Wildman–Crippen LogP) is 3.94. The molecule has 0 heterocycles. The van der Waals surface area contributed by atoms with Gasteiger partial charge in [0.15, 0.2) is 0 Å². The number of rotatable bonds is 5. The zero-order valence-corrected chi connectivity index (χ0v) is 13.2. The van der Waals surface area contributed by atoms with Crippen LogP contribution in [0.25, 0.3) is 0 Å². The maximum absolute atomic E-state index is 14.1. The molecule has 0 fully saturated rings. The first-order valence-electron chi connectivity index (χ1n) is 6.50. The van der Waals surface area contributed by atoms with Crippen LogP contribution in [0.2, 0.25) is 0 Å². The number of benzene rings is 2. The van der Waals surface area contributed by atoms with E-state index >= 15 is 0 Å². The molecule has 0 amide bonds. The van der Waals surface area contributed by atoms with Gasteiger partial charge in [0, 0.05) is 24.6 Å². The van der Waals surface area contributed by atoms with Gasteiger partial charge in [0.25, 0.3) is 0 Å². The van der Waals surface area contributed by atoms with E-state index in [-0.39, 0.29) is 5.82 Å². The van der Waals surface area contributed by atoms with Gasteiger partial charge in [-0.05, 0) is 30.3 Å². The summed E-state index contributed by atoms with van der Waals surface area (Å²) >= 11 is 3.53. The number of nitrogens with zero attached hydrogens (tertiary/aromatic N) is 1. The molecule has 2 aromatic carbocycles. The van der Waals surface area contributed by atoms with Gasteiger partial charge in [0.2, 0.25) is 0 Å². The first kappa shape index (κ1) is 15.0. The Morgan fingerprint density at radius 2 is 1.80 bits per heavy atom. The molecule has 0 aliphatic heterocycles. The van der Waals surface area contributed by atoms with E-state index in [2.05, 4.69) is 21.2 Å². The highest BCUT2D eigenvalue weighted by Gasteiger charge is 2.13. The molecule has 0 saturated heterocycles. The predicted molar refractivity (Wildman–Crippen MR) is 85.4 cm³/mol. The zero-order chi connectivity index (χ0) is 14.5. The summed E-state index contributed by atoms with van der Waals surface area (Å²) in [5.41, 5.74) is 2.74. The molecule has 0 bridgehead atoms. The summed E-state index contributed by atoms with van der Waals surface area (Å²) in [5.74, 6) is -0.188. The zero-order valence-electron chi connectivity index (χ0n) is 11.7. The molecule has 2 nitrogen and oxygen atoms in total. The minimum absolute atomic E-state index is 0.188. The van der Waals surface area contributed by atoms with Crippen molar-refractivity contribution in [1.82, 2.24) is 5.32 Å². The molecule has 0 atom stereocenters. The molecule has 106 valence electrons. The third kappa shape index (κ3) is 3.38. The molecular formula is C16H18BrFN2. The molecule has 0 saturated carbocycles. The van der Waals surface area contributed by atoms with Gasteiger partial charge in [-0.1, -0.05) is 46.3 Å². The van der Waals surface area contributed by atoms with Crippen molar-refractivity contribution in [3.63, 3.8) is 0 Å². The molecule has 1 N–H and O–H groups in total. The molecule has 0 spiro atoms. The number of para-hydroxylation sites is 1. The van der Waals surface area contributed by atoms with Crippen molar-refractivity contribution in [3.8, 4) is 0 Å². The lowest BCUT2D eigenvalue weighted by Crippen LogP contribution is -2.21. The van der Waals surface area contributed by atoms with E-state index in [0.717, 1.165) is 15.6 Å². The van der Waals surface area contributed by atoms with Gasteiger partial charge >= 0.3 is 0 Å². The molecule has 0 aromatic heterocycles. The SMILES string of the molecule is CNCc1cccc(F)c1N(C)Cc1ccccc1Br. The lowest BCUT2D eigenvalue weighted by Gasteiger charge is -2.23. The van der Waals surface area contributed by atoms with Crippen molar-refractivity contribution in [1.29, 1.82) is 0 Å². The standard InChI is InChI=1S/C16H18BrFN2/c1-19-10-12-7-5-9-15(18)16(12)20(2)11-13-6-3-4-8-14(13)17/h3-9,19H,10-11H2,1-2H3. The maximum atomic E-state index is 14.1. The van der Waals surface area contributed by atoms with Crippen molar-refractivity contribution < 1.29 is 4.39 Å². The Morgan fingerprint density at radius 3 is 2.50 bits per heavy atom. The maximum Gasteiger partial charge on any atom is 0.146 e. The lowest BCUT2D eigenvalue weighted by molar-refractivity contribution is 0.617. The van der Waals surface area contributed by atoms with Crippen LogP contribution in [0.15, 0.2) is 46.9 Å². The summed E-state index contributed by atoms with van der Waals surface area (Å²) in [6, 6.07) is 13.2. The quantitative estimate of drug-likeness (QED) is 0.889. The fourth-order valence-corrected chi connectivity index (χ4v) is 2.69. The molecule has 0 aliphatic carbocycles. The summed E-state index contributed by atoms with van der Waals surface area (Å²) in [5, 5.41) is 3.08. The van der Waals surface area contributed by atoms with Crippen LogP contribution in [0.4, 0.5) is 10.1 Å². The largest absolute Gasteiger partial charge is 0.368 e. The third-order valence-electron chi connectivity index (χ3n) is 3.18. The molecular weight excluding hydrogens is 319 g/mol. The van der Waals surface area contributed by atoms with Crippen LogP contribution in [0, 0.1) is 5.82 Å². The highest BCUT2D eigenvalue weighted by molar-refractivity contribution is 9.10. The first-order chi connectivity index (χ1) is 9.63. The molecule has 0 radical (unpaired) electrons. The van der Waals surface area contributed by atoms with Gasteiger partial charge in [-0.2, -0.15) is 0 Å². The average Bonchev–Trinajstić information content (AvgIpc) is 2.42. The third-order valence-corrected chi connectivity index (χ3v) is 3.96. The monoisotopic (exact) mass is 336 g/mol. The van der Waals surface area contributed by atoms with Gasteiger partial charge in [-0.25, -0.2) is 4.39 Å². The van der Waals surface area contributed by atoms with Gasteiger partial charge in [-0.3, -0.25) is 0 Å². The Hall–Kier alpha value is -1.39. The Balaban J connectivity index is 2.29. The van der Waals surface area contributed by atoms with E-state index in [9.17, 15) is 4.39 Å². The van der Waals surface area contributed by atoms with Crippen LogP contribution in [-0.4, -0.2) is 14.1 Å². The highest BCUT2D eigenvalue weighted by atomic mass is 79.9. The Bertz CT molecular complexity index is 586. The van der Waals surface area contributed by atoms with Crippen LogP contribution in [0.5, 0.6) is 0 Å². The average molecular weight is 337 g/mol. The van der Waals surface area contributed by atoms with Crippen molar-refractivity contribution in [2.75, 3.05) is 19.0 Å². The second-order valence-electron chi connectivity index (χ2n) is 4.73. The second-order valence-corrected chi connectivity index (χ2v) is 5.58. The number of halogens is 2. The van der Waals surface area contributed by atoms with E-state index in [1.807, 2.05) is 49.3 Å². The molecule has 0 unspecified atom stereocenters. The van der Waals surface area contributed by atoms with Gasteiger partial charge < -0.3 is 10.2 Å². The first-order valence-corrected chi connectivity index (χ1v) is 7.29. The summed E-state index contributed by atoms with van der Waals surface area (Å²) in [4.78, 5) is 1.95. The van der Waals surface area contributed by atoms with Crippen LogP contribution < -0.4 is 10.2 Å². The van der Waals surface area contributed by atoms with Crippen molar-refractivity contribution >= 4 is 21.6 Å². The Morgan fingerprint density at radius 1 is 1.10 bits per heavy atom. The van der Waals surface area contributed by atoms with E-state index in [0.29, 0.717) is 18.8 Å². The van der Waals surface area contributed by atoms with E-state index in [4.69, 9.17) is 0 Å². The topological polar surface area (TPSA) is 15.3 Å². The van der Waals surface area contributed by atoms with Gasteiger partial charge in [0.1, 0.15) is 5.82 Å². The molecule has 2 aromatic rings. The summed E-state index contributed by atoms with van der Waals surface area (Å²) in [7, 11) is 3.78. The Kier molecular flexibility index (Phi) is 5.15. The minimum atomic E-state index is -0.188. The summed E-state index contributed by atoms with van der Waals surface area (Å²) in [6.45, 7) is 1.30. The van der Waals surface area contributed by atoms with E-state index in [1.54, 1.807) is 6.07 Å². The van der Waals surface area contributed by atoms with E-state index < -0.39 is 0 Å². The molecule has 2 rings (SSSR count). The molecule has 20 heavy (non-hydrogen) atoms. The normalized spacial score (nSPS) is 10.6. The van der Waals surface area contributed by atoms with Crippen LogP contribution in [0.1, 0.15) is 11.1 Å². The Labute approximate surface area is 127 Å². The second kappa shape index (κ2) is 6.86. The van der Waals surface area contributed by atoms with Crippen molar-refractivity contribution in [2.24, 2.45) is 0 Å². The van der Waals surface area contributed by atoms with Gasteiger partial charge in [-0.15, -0.1) is 0 Å². The molecule has 0 aliphatic rings. The van der Waals surface area contributed by atoms with E-state index in [1.165, 1.54) is 6.07 Å². The summed E-state index contributed by atoms with van der Waals surface area (Å²) in [6.07, 6.45) is 0. The van der Waals surface area contributed by atoms with Crippen LogP contribution >= 0.6 is 15.9 Å².